The molecule has 0 spiro atoms. The van der Waals surface area contributed by atoms with E-state index in [-0.39, 0.29) is 17.1 Å². The van der Waals surface area contributed by atoms with Gasteiger partial charge in [0.15, 0.2) is 10.2 Å². The summed E-state index contributed by atoms with van der Waals surface area (Å²) in [6.45, 7) is 3.87. The van der Waals surface area contributed by atoms with Crippen LogP contribution >= 0.6 is 23.6 Å². The molecule has 0 unspecified atom stereocenters. The molecule has 1 aromatic heterocycles. The number of aromatic nitrogens is 1. The van der Waals surface area contributed by atoms with Crippen LogP contribution in [0.3, 0.4) is 0 Å². The number of hydrogen-bond donors (Lipinski definition) is 2. The first-order valence-corrected chi connectivity index (χ1v) is 8.98. The van der Waals surface area contributed by atoms with Gasteiger partial charge in [-0.05, 0) is 56.4 Å². The highest BCUT2D eigenvalue weighted by Gasteiger charge is 2.11. The number of anilines is 1. The fourth-order valence-electron chi connectivity index (χ4n) is 2.21. The standard InChI is InChI=1S/C18H17N3O2S2/c1-11(2)23-13-7-5-6-12(10-13)16(22)20-17(24)21-18-19-14-8-3-4-9-15(14)25-18/h3-11H,1-2H3,(H2,19,20,21,22,24). The van der Waals surface area contributed by atoms with Gasteiger partial charge in [-0.15, -0.1) is 0 Å². The van der Waals surface area contributed by atoms with E-state index in [2.05, 4.69) is 15.6 Å². The van der Waals surface area contributed by atoms with Gasteiger partial charge in [0.2, 0.25) is 0 Å². The Kier molecular flexibility index (Phi) is 5.25. The lowest BCUT2D eigenvalue weighted by molar-refractivity contribution is 0.0977. The molecule has 0 fully saturated rings. The Labute approximate surface area is 155 Å². The third-order valence-electron chi connectivity index (χ3n) is 3.21. The number of amides is 1. The first-order valence-electron chi connectivity index (χ1n) is 7.76. The van der Waals surface area contributed by atoms with Gasteiger partial charge in [-0.3, -0.25) is 10.1 Å². The van der Waals surface area contributed by atoms with Crippen molar-refractivity contribution < 1.29 is 9.53 Å². The van der Waals surface area contributed by atoms with Crippen molar-refractivity contribution in [2.45, 2.75) is 20.0 Å². The number of thiazole rings is 1. The molecule has 0 bridgehead atoms. The van der Waals surface area contributed by atoms with Crippen molar-refractivity contribution in [1.29, 1.82) is 0 Å². The summed E-state index contributed by atoms with van der Waals surface area (Å²) in [4.78, 5) is 16.8. The Bertz CT molecular complexity index is 888. The summed E-state index contributed by atoms with van der Waals surface area (Å²) >= 11 is 6.69. The predicted octanol–water partition coefficient (Wildman–Crippen LogP) is 4.21. The van der Waals surface area contributed by atoms with Crippen molar-refractivity contribution in [3.8, 4) is 5.75 Å². The van der Waals surface area contributed by atoms with Crippen LogP contribution in [0.4, 0.5) is 5.13 Å². The molecule has 7 heteroatoms. The molecule has 1 heterocycles. The third-order valence-corrected chi connectivity index (χ3v) is 4.37. The average molecular weight is 371 g/mol. The molecule has 3 rings (SSSR count). The maximum Gasteiger partial charge on any atom is 0.257 e. The predicted molar refractivity (Wildman–Crippen MR) is 106 cm³/mol. The molecule has 0 aliphatic heterocycles. The monoisotopic (exact) mass is 371 g/mol. The van der Waals surface area contributed by atoms with E-state index in [0.29, 0.717) is 16.4 Å². The molecule has 0 radical (unpaired) electrons. The fourth-order valence-corrected chi connectivity index (χ4v) is 3.34. The second-order valence-corrected chi connectivity index (χ2v) is 7.03. The molecular formula is C18H17N3O2S2. The zero-order valence-corrected chi connectivity index (χ0v) is 15.4. The number of hydrogen-bond acceptors (Lipinski definition) is 5. The highest BCUT2D eigenvalue weighted by atomic mass is 32.1. The van der Waals surface area contributed by atoms with Gasteiger partial charge < -0.3 is 10.1 Å². The fraction of sp³-hybridized carbons (Fsp3) is 0.167. The Morgan fingerprint density at radius 1 is 1.20 bits per heavy atom. The molecule has 0 saturated carbocycles. The summed E-state index contributed by atoms with van der Waals surface area (Å²) in [5, 5.41) is 6.47. The number of para-hydroxylation sites is 1. The maximum absolute atomic E-state index is 12.3. The van der Waals surface area contributed by atoms with Crippen molar-refractivity contribution in [2.24, 2.45) is 0 Å². The van der Waals surface area contributed by atoms with Gasteiger partial charge in [-0.1, -0.05) is 29.5 Å². The second-order valence-electron chi connectivity index (χ2n) is 5.59. The topological polar surface area (TPSA) is 63.2 Å². The van der Waals surface area contributed by atoms with Crippen molar-refractivity contribution in [1.82, 2.24) is 10.3 Å². The van der Waals surface area contributed by atoms with Gasteiger partial charge in [0.25, 0.3) is 5.91 Å². The first-order chi connectivity index (χ1) is 12.0. The lowest BCUT2D eigenvalue weighted by Crippen LogP contribution is -2.34. The van der Waals surface area contributed by atoms with Crippen LogP contribution in [0.2, 0.25) is 0 Å². The molecular weight excluding hydrogens is 354 g/mol. The second kappa shape index (κ2) is 7.58. The van der Waals surface area contributed by atoms with E-state index in [1.54, 1.807) is 18.2 Å². The zero-order chi connectivity index (χ0) is 17.8. The van der Waals surface area contributed by atoms with E-state index in [0.717, 1.165) is 10.2 Å². The van der Waals surface area contributed by atoms with Crippen LogP contribution in [-0.2, 0) is 0 Å². The first kappa shape index (κ1) is 17.3. The molecule has 5 nitrogen and oxygen atoms in total. The van der Waals surface area contributed by atoms with Crippen molar-refractivity contribution >= 4 is 49.9 Å². The molecule has 0 saturated heterocycles. The maximum atomic E-state index is 12.3. The number of nitrogens with zero attached hydrogens (tertiary/aromatic N) is 1. The Morgan fingerprint density at radius 2 is 2.00 bits per heavy atom. The van der Waals surface area contributed by atoms with Crippen molar-refractivity contribution in [2.75, 3.05) is 5.32 Å². The molecule has 1 amide bonds. The average Bonchev–Trinajstić information content (AvgIpc) is 2.96. The highest BCUT2D eigenvalue weighted by molar-refractivity contribution is 7.80. The van der Waals surface area contributed by atoms with Crippen LogP contribution in [0.25, 0.3) is 10.2 Å². The van der Waals surface area contributed by atoms with Gasteiger partial charge in [0.1, 0.15) is 5.75 Å². The van der Waals surface area contributed by atoms with Crippen LogP contribution in [0.15, 0.2) is 48.5 Å². The van der Waals surface area contributed by atoms with Gasteiger partial charge in [-0.2, -0.15) is 0 Å². The third kappa shape index (κ3) is 4.52. The van der Waals surface area contributed by atoms with E-state index < -0.39 is 0 Å². The summed E-state index contributed by atoms with van der Waals surface area (Å²) < 4.78 is 6.66. The number of carbonyl (C=O) groups excluding carboxylic acids is 1. The number of ether oxygens (including phenoxy) is 1. The molecule has 3 aromatic rings. The van der Waals surface area contributed by atoms with E-state index in [1.807, 2.05) is 44.2 Å². The van der Waals surface area contributed by atoms with Gasteiger partial charge in [0.05, 0.1) is 16.3 Å². The summed E-state index contributed by atoms with van der Waals surface area (Å²) in [6.07, 6.45) is 0.0417. The van der Waals surface area contributed by atoms with Gasteiger partial charge in [0, 0.05) is 5.56 Å². The number of carbonyl (C=O) groups is 1. The summed E-state index contributed by atoms with van der Waals surface area (Å²) in [6, 6.07) is 14.8. The summed E-state index contributed by atoms with van der Waals surface area (Å²) in [5.74, 6) is 0.348. The molecule has 0 atom stereocenters. The van der Waals surface area contributed by atoms with Crippen LogP contribution in [0.5, 0.6) is 5.75 Å². The number of thiocarbonyl (C=S) groups is 1. The lowest BCUT2D eigenvalue weighted by Gasteiger charge is -2.11. The number of nitrogens with one attached hydrogen (secondary N) is 2. The molecule has 0 aliphatic carbocycles. The Hall–Kier alpha value is -2.51. The summed E-state index contributed by atoms with van der Waals surface area (Å²) in [5.41, 5.74) is 1.37. The minimum atomic E-state index is -0.298. The van der Waals surface area contributed by atoms with Gasteiger partial charge >= 0.3 is 0 Å². The lowest BCUT2D eigenvalue weighted by atomic mass is 10.2. The molecule has 0 aliphatic rings. The van der Waals surface area contributed by atoms with E-state index in [9.17, 15) is 4.79 Å². The van der Waals surface area contributed by atoms with Crippen LogP contribution in [-0.4, -0.2) is 22.1 Å². The highest BCUT2D eigenvalue weighted by Crippen LogP contribution is 2.25. The zero-order valence-electron chi connectivity index (χ0n) is 13.8. The van der Waals surface area contributed by atoms with E-state index in [4.69, 9.17) is 17.0 Å². The quantitative estimate of drug-likeness (QED) is 0.673. The Morgan fingerprint density at radius 3 is 2.76 bits per heavy atom. The number of rotatable bonds is 4. The largest absolute Gasteiger partial charge is 0.491 e. The normalized spacial score (nSPS) is 10.7. The molecule has 25 heavy (non-hydrogen) atoms. The van der Waals surface area contributed by atoms with Crippen molar-refractivity contribution in [3.63, 3.8) is 0 Å². The van der Waals surface area contributed by atoms with Crippen molar-refractivity contribution in [3.05, 3.63) is 54.1 Å². The minimum Gasteiger partial charge on any atom is -0.491 e. The van der Waals surface area contributed by atoms with Gasteiger partial charge in [-0.25, -0.2) is 4.98 Å². The number of fused-ring (bicyclic) bond motifs is 1. The minimum absolute atomic E-state index is 0.0417. The summed E-state index contributed by atoms with van der Waals surface area (Å²) in [7, 11) is 0. The number of benzene rings is 2. The van der Waals surface area contributed by atoms with E-state index in [1.165, 1.54) is 11.3 Å². The van der Waals surface area contributed by atoms with Crippen LogP contribution in [0, 0.1) is 0 Å². The molecule has 2 N–H and O–H groups in total. The Balaban J connectivity index is 1.65. The van der Waals surface area contributed by atoms with E-state index >= 15 is 0 Å². The smallest absolute Gasteiger partial charge is 0.257 e. The van der Waals surface area contributed by atoms with Crippen LogP contribution in [0.1, 0.15) is 24.2 Å². The van der Waals surface area contributed by atoms with Crippen LogP contribution < -0.4 is 15.4 Å². The SMILES string of the molecule is CC(C)Oc1cccc(C(=O)NC(=S)Nc2nc3ccccc3s2)c1. The molecule has 128 valence electrons. The molecule has 2 aromatic carbocycles.